The van der Waals surface area contributed by atoms with Crippen LogP contribution in [0.25, 0.3) is 5.69 Å². The summed E-state index contributed by atoms with van der Waals surface area (Å²) in [5, 5.41) is 9.99. The number of aromatic nitrogens is 2. The highest BCUT2D eigenvalue weighted by molar-refractivity contribution is 5.92. The second kappa shape index (κ2) is 9.05. The number of carbonyl (C=O) groups excluding carboxylic acids is 2. The first-order valence-electron chi connectivity index (χ1n) is 9.31. The van der Waals surface area contributed by atoms with Crippen molar-refractivity contribution in [2.24, 2.45) is 0 Å². The number of hydrogen-bond donors (Lipinski definition) is 2. The Labute approximate surface area is 169 Å². The number of ether oxygens (including phenoxy) is 1. The van der Waals surface area contributed by atoms with Crippen molar-refractivity contribution in [1.82, 2.24) is 15.1 Å². The van der Waals surface area contributed by atoms with Crippen molar-refractivity contribution >= 4 is 17.5 Å². The van der Waals surface area contributed by atoms with Crippen LogP contribution in [-0.4, -0.2) is 35.2 Å². The maximum absolute atomic E-state index is 12.4. The average Bonchev–Trinajstić information content (AvgIpc) is 3.19. The Morgan fingerprint density at radius 2 is 1.86 bits per heavy atom. The van der Waals surface area contributed by atoms with Crippen molar-refractivity contribution < 1.29 is 14.3 Å². The lowest BCUT2D eigenvalue weighted by atomic mass is 10.1. The molecule has 2 aromatic carbocycles. The van der Waals surface area contributed by atoms with Crippen molar-refractivity contribution in [1.29, 1.82) is 0 Å². The number of nitrogens with zero attached hydrogens (tertiary/aromatic N) is 2. The third-order valence-corrected chi connectivity index (χ3v) is 4.38. The second-order valence-corrected chi connectivity index (χ2v) is 6.70. The van der Waals surface area contributed by atoms with E-state index in [0.717, 1.165) is 22.5 Å². The normalized spacial score (nSPS) is 10.4. The minimum atomic E-state index is -0.231. The largest absolute Gasteiger partial charge is 0.494 e. The number of benzene rings is 2. The van der Waals surface area contributed by atoms with Crippen molar-refractivity contribution in [2.75, 3.05) is 19.0 Å². The molecular formula is C22H24N4O3. The first-order valence-corrected chi connectivity index (χ1v) is 9.31. The molecule has 0 aliphatic rings. The molecule has 7 nitrogen and oxygen atoms in total. The molecule has 0 aliphatic carbocycles. The van der Waals surface area contributed by atoms with E-state index in [1.807, 2.05) is 49.4 Å². The van der Waals surface area contributed by atoms with Crippen LogP contribution >= 0.6 is 0 Å². The van der Waals surface area contributed by atoms with E-state index in [4.69, 9.17) is 4.74 Å². The summed E-state index contributed by atoms with van der Waals surface area (Å²) in [6.45, 7) is 3.95. The van der Waals surface area contributed by atoms with E-state index in [1.165, 1.54) is 6.92 Å². The fourth-order valence-corrected chi connectivity index (χ4v) is 2.93. The molecule has 0 atom stereocenters. The fraction of sp³-hybridized carbons (Fsp3) is 0.227. The highest BCUT2D eigenvalue weighted by Gasteiger charge is 2.12. The molecule has 0 radical (unpaired) electrons. The van der Waals surface area contributed by atoms with Crippen molar-refractivity contribution in [3.05, 3.63) is 71.5 Å². The van der Waals surface area contributed by atoms with E-state index in [0.29, 0.717) is 24.4 Å². The van der Waals surface area contributed by atoms with Gasteiger partial charge in [0.25, 0.3) is 5.91 Å². The molecule has 0 saturated heterocycles. The minimum absolute atomic E-state index is 0.104. The van der Waals surface area contributed by atoms with Crippen LogP contribution in [0.15, 0.2) is 54.7 Å². The van der Waals surface area contributed by atoms with Gasteiger partial charge in [0.05, 0.1) is 7.11 Å². The number of anilines is 1. The van der Waals surface area contributed by atoms with Gasteiger partial charge in [-0.25, -0.2) is 4.68 Å². The summed E-state index contributed by atoms with van der Waals surface area (Å²) in [5.74, 6) is 0.353. The average molecular weight is 392 g/mol. The molecule has 29 heavy (non-hydrogen) atoms. The van der Waals surface area contributed by atoms with E-state index in [-0.39, 0.29) is 11.8 Å². The Kier molecular flexibility index (Phi) is 6.29. The Morgan fingerprint density at radius 3 is 2.55 bits per heavy atom. The number of rotatable bonds is 7. The van der Waals surface area contributed by atoms with Crippen LogP contribution in [0.1, 0.15) is 28.5 Å². The van der Waals surface area contributed by atoms with Gasteiger partial charge < -0.3 is 15.4 Å². The van der Waals surface area contributed by atoms with E-state index >= 15 is 0 Å². The maximum Gasteiger partial charge on any atom is 0.271 e. The Hall–Kier alpha value is -3.61. The molecule has 7 heteroatoms. The molecule has 0 bridgehead atoms. The summed E-state index contributed by atoms with van der Waals surface area (Å²) in [6, 6.07) is 15.0. The lowest BCUT2D eigenvalue weighted by molar-refractivity contribution is -0.114. The summed E-state index contributed by atoms with van der Waals surface area (Å²) in [7, 11) is 1.61. The molecule has 150 valence electrons. The molecule has 0 fully saturated rings. The van der Waals surface area contributed by atoms with Crippen LogP contribution in [0.5, 0.6) is 5.75 Å². The molecule has 0 saturated carbocycles. The number of aryl methyl sites for hydroxylation is 1. The van der Waals surface area contributed by atoms with Crippen molar-refractivity contribution in [2.45, 2.75) is 20.3 Å². The topological polar surface area (TPSA) is 85.2 Å². The third-order valence-electron chi connectivity index (χ3n) is 4.38. The molecule has 2 amide bonds. The van der Waals surface area contributed by atoms with Gasteiger partial charge in [0.1, 0.15) is 11.4 Å². The SMILES string of the molecule is COc1ccc(C)cc1-n1ccc(C(=O)NCCc2ccc(NC(C)=O)cc2)n1. The fourth-order valence-electron chi connectivity index (χ4n) is 2.93. The lowest BCUT2D eigenvalue weighted by Gasteiger charge is -2.09. The van der Waals surface area contributed by atoms with Crippen LogP contribution in [0, 0.1) is 6.92 Å². The van der Waals surface area contributed by atoms with Crippen molar-refractivity contribution in [3.8, 4) is 11.4 Å². The first kappa shape index (κ1) is 20.1. The monoisotopic (exact) mass is 392 g/mol. The number of nitrogens with one attached hydrogen (secondary N) is 2. The van der Waals surface area contributed by atoms with E-state index in [1.54, 1.807) is 24.1 Å². The standard InChI is InChI=1S/C22H24N4O3/c1-15-4-9-21(29-3)20(14-15)26-13-11-19(25-26)22(28)23-12-10-17-5-7-18(8-6-17)24-16(2)27/h4-9,11,13-14H,10,12H2,1-3H3,(H,23,28)(H,24,27). The number of amides is 2. The van der Waals surface area contributed by atoms with Gasteiger partial charge in [-0.3, -0.25) is 9.59 Å². The summed E-state index contributed by atoms with van der Waals surface area (Å²) in [6.07, 6.45) is 2.42. The highest BCUT2D eigenvalue weighted by Crippen LogP contribution is 2.23. The number of carbonyl (C=O) groups is 2. The zero-order valence-electron chi connectivity index (χ0n) is 16.7. The molecule has 1 aromatic heterocycles. The van der Waals surface area contributed by atoms with Gasteiger partial charge in [-0.2, -0.15) is 5.10 Å². The third kappa shape index (κ3) is 5.22. The predicted molar refractivity (Wildman–Crippen MR) is 112 cm³/mol. The van der Waals surface area contributed by atoms with Gasteiger partial charge in [0.15, 0.2) is 5.69 Å². The van der Waals surface area contributed by atoms with Gasteiger partial charge in [-0.05, 0) is 54.8 Å². The smallest absolute Gasteiger partial charge is 0.271 e. The van der Waals surface area contributed by atoms with Gasteiger partial charge in [-0.1, -0.05) is 18.2 Å². The summed E-state index contributed by atoms with van der Waals surface area (Å²) in [4.78, 5) is 23.5. The van der Waals surface area contributed by atoms with Crippen LogP contribution in [0.4, 0.5) is 5.69 Å². The van der Waals surface area contributed by atoms with Gasteiger partial charge in [-0.15, -0.1) is 0 Å². The molecule has 0 unspecified atom stereocenters. The minimum Gasteiger partial charge on any atom is -0.494 e. The Morgan fingerprint density at radius 1 is 1.10 bits per heavy atom. The molecule has 1 heterocycles. The van der Waals surface area contributed by atoms with Crippen LogP contribution in [-0.2, 0) is 11.2 Å². The van der Waals surface area contributed by atoms with Gasteiger partial charge in [0, 0.05) is 25.4 Å². The van der Waals surface area contributed by atoms with E-state index in [9.17, 15) is 9.59 Å². The number of methoxy groups -OCH3 is 1. The van der Waals surface area contributed by atoms with Gasteiger partial charge >= 0.3 is 0 Å². The molecule has 0 spiro atoms. The number of hydrogen-bond acceptors (Lipinski definition) is 4. The Bertz CT molecular complexity index is 1010. The van der Waals surface area contributed by atoms with Crippen molar-refractivity contribution in [3.63, 3.8) is 0 Å². The molecular weight excluding hydrogens is 368 g/mol. The summed E-state index contributed by atoms with van der Waals surface area (Å²) < 4.78 is 7.02. The highest BCUT2D eigenvalue weighted by atomic mass is 16.5. The second-order valence-electron chi connectivity index (χ2n) is 6.70. The van der Waals surface area contributed by atoms with Crippen LogP contribution < -0.4 is 15.4 Å². The Balaban J connectivity index is 1.58. The maximum atomic E-state index is 12.4. The van der Waals surface area contributed by atoms with Crippen LogP contribution in [0.3, 0.4) is 0 Å². The molecule has 3 aromatic rings. The van der Waals surface area contributed by atoms with E-state index in [2.05, 4.69) is 15.7 Å². The molecule has 3 rings (SSSR count). The van der Waals surface area contributed by atoms with E-state index < -0.39 is 0 Å². The molecule has 2 N–H and O–H groups in total. The summed E-state index contributed by atoms with van der Waals surface area (Å²) in [5.41, 5.74) is 4.02. The zero-order valence-corrected chi connectivity index (χ0v) is 16.7. The first-order chi connectivity index (χ1) is 14.0. The summed E-state index contributed by atoms with van der Waals surface area (Å²) >= 11 is 0. The van der Waals surface area contributed by atoms with Crippen LogP contribution in [0.2, 0.25) is 0 Å². The quantitative estimate of drug-likeness (QED) is 0.647. The van der Waals surface area contributed by atoms with Gasteiger partial charge in [0.2, 0.25) is 5.91 Å². The lowest BCUT2D eigenvalue weighted by Crippen LogP contribution is -2.26. The molecule has 0 aliphatic heterocycles. The zero-order chi connectivity index (χ0) is 20.8. The predicted octanol–water partition coefficient (Wildman–Crippen LogP) is 3.12.